The van der Waals surface area contributed by atoms with Crippen molar-refractivity contribution in [3.05, 3.63) is 75.3 Å². The number of halogens is 2. The molecule has 0 spiro atoms. The summed E-state index contributed by atoms with van der Waals surface area (Å²) in [6, 6.07) is 12.8. The van der Waals surface area contributed by atoms with Crippen LogP contribution in [0.2, 0.25) is 10.0 Å². The van der Waals surface area contributed by atoms with E-state index in [0.29, 0.717) is 15.6 Å². The molecule has 0 saturated heterocycles. The molecule has 0 heterocycles. The van der Waals surface area contributed by atoms with E-state index in [2.05, 4.69) is 0 Å². The molecule has 0 fully saturated rings. The van der Waals surface area contributed by atoms with E-state index in [1.807, 2.05) is 37.3 Å². The van der Waals surface area contributed by atoms with E-state index in [1.165, 1.54) is 0 Å². The van der Waals surface area contributed by atoms with E-state index in [0.717, 1.165) is 11.1 Å². The Morgan fingerprint density at radius 1 is 1.05 bits per heavy atom. The topological polar surface area (TPSA) is 17.1 Å². The minimum Gasteiger partial charge on any atom is -0.289 e. The fourth-order valence-corrected chi connectivity index (χ4v) is 2.03. The molecule has 96 valence electrons. The van der Waals surface area contributed by atoms with Crippen LogP contribution < -0.4 is 0 Å². The van der Waals surface area contributed by atoms with Crippen molar-refractivity contribution in [3.8, 4) is 0 Å². The highest BCUT2D eigenvalue weighted by atomic mass is 35.5. The van der Waals surface area contributed by atoms with Crippen LogP contribution in [0.5, 0.6) is 0 Å². The third kappa shape index (κ3) is 3.46. The standard InChI is InChI=1S/C16H12Cl2O/c1-11-4-2-3-5-13(11)16(19)9-7-12-6-8-14(17)15(18)10-12/h2-10H,1H3/b9-7-. The Kier molecular flexibility index (Phi) is 4.41. The van der Waals surface area contributed by atoms with E-state index >= 15 is 0 Å². The highest BCUT2D eigenvalue weighted by Gasteiger charge is 2.04. The van der Waals surface area contributed by atoms with Gasteiger partial charge in [-0.25, -0.2) is 0 Å². The second-order valence-electron chi connectivity index (χ2n) is 4.19. The first-order valence-electron chi connectivity index (χ1n) is 5.81. The fourth-order valence-electron chi connectivity index (χ4n) is 1.73. The average Bonchev–Trinajstić information content (AvgIpc) is 2.40. The molecule has 0 bridgehead atoms. The second-order valence-corrected chi connectivity index (χ2v) is 5.00. The van der Waals surface area contributed by atoms with Crippen LogP contribution in [0, 0.1) is 6.92 Å². The first kappa shape index (κ1) is 13.9. The molecule has 0 radical (unpaired) electrons. The third-order valence-electron chi connectivity index (χ3n) is 2.78. The SMILES string of the molecule is Cc1ccccc1C(=O)/C=C\c1ccc(Cl)c(Cl)c1. The number of carbonyl (C=O) groups excluding carboxylic acids is 1. The van der Waals surface area contributed by atoms with Crippen molar-refractivity contribution in [3.63, 3.8) is 0 Å². The largest absolute Gasteiger partial charge is 0.289 e. The van der Waals surface area contributed by atoms with Gasteiger partial charge in [0.2, 0.25) is 0 Å². The molecule has 3 heteroatoms. The van der Waals surface area contributed by atoms with Crippen LogP contribution >= 0.6 is 23.2 Å². The Morgan fingerprint density at radius 3 is 2.47 bits per heavy atom. The number of hydrogen-bond acceptors (Lipinski definition) is 1. The number of hydrogen-bond donors (Lipinski definition) is 0. The lowest BCUT2D eigenvalue weighted by atomic mass is 10.0. The fraction of sp³-hybridized carbons (Fsp3) is 0.0625. The van der Waals surface area contributed by atoms with Gasteiger partial charge >= 0.3 is 0 Å². The lowest BCUT2D eigenvalue weighted by Crippen LogP contribution is -1.96. The normalized spacial score (nSPS) is 10.9. The summed E-state index contributed by atoms with van der Waals surface area (Å²) in [5, 5.41) is 0.983. The van der Waals surface area contributed by atoms with Crippen LogP contribution in [0.1, 0.15) is 21.5 Å². The van der Waals surface area contributed by atoms with Crippen molar-refractivity contribution in [2.45, 2.75) is 6.92 Å². The van der Waals surface area contributed by atoms with Crippen LogP contribution in [0.15, 0.2) is 48.5 Å². The molecule has 0 aromatic heterocycles. The molecule has 0 aliphatic rings. The van der Waals surface area contributed by atoms with Crippen LogP contribution in [-0.2, 0) is 0 Å². The first-order chi connectivity index (χ1) is 9.08. The van der Waals surface area contributed by atoms with Gasteiger partial charge in [0, 0.05) is 5.56 Å². The van der Waals surface area contributed by atoms with Gasteiger partial charge in [0.05, 0.1) is 10.0 Å². The van der Waals surface area contributed by atoms with Gasteiger partial charge in [-0.15, -0.1) is 0 Å². The van der Waals surface area contributed by atoms with E-state index in [1.54, 1.807) is 24.3 Å². The van der Waals surface area contributed by atoms with E-state index < -0.39 is 0 Å². The third-order valence-corrected chi connectivity index (χ3v) is 3.52. The summed E-state index contributed by atoms with van der Waals surface area (Å²) in [6.07, 6.45) is 3.28. The summed E-state index contributed by atoms with van der Waals surface area (Å²) >= 11 is 11.8. The van der Waals surface area contributed by atoms with Crippen molar-refractivity contribution in [2.24, 2.45) is 0 Å². The summed E-state index contributed by atoms with van der Waals surface area (Å²) in [7, 11) is 0. The predicted octanol–water partition coefficient (Wildman–Crippen LogP) is 5.20. The van der Waals surface area contributed by atoms with Crippen molar-refractivity contribution >= 4 is 35.1 Å². The molecule has 0 aliphatic carbocycles. The van der Waals surface area contributed by atoms with Crippen molar-refractivity contribution in [2.75, 3.05) is 0 Å². The maximum atomic E-state index is 12.0. The monoisotopic (exact) mass is 290 g/mol. The summed E-state index contributed by atoms with van der Waals surface area (Å²) in [5.74, 6) is -0.0239. The Morgan fingerprint density at radius 2 is 1.79 bits per heavy atom. The summed E-state index contributed by atoms with van der Waals surface area (Å²) in [5.41, 5.74) is 2.52. The highest BCUT2D eigenvalue weighted by Crippen LogP contribution is 2.23. The van der Waals surface area contributed by atoms with Gasteiger partial charge in [0.1, 0.15) is 0 Å². The number of aryl methyl sites for hydroxylation is 1. The average molecular weight is 291 g/mol. The second kappa shape index (κ2) is 6.05. The number of benzene rings is 2. The summed E-state index contributed by atoms with van der Waals surface area (Å²) in [6.45, 7) is 1.92. The van der Waals surface area contributed by atoms with Crippen LogP contribution in [0.25, 0.3) is 6.08 Å². The van der Waals surface area contributed by atoms with Gasteiger partial charge in [-0.2, -0.15) is 0 Å². The van der Waals surface area contributed by atoms with Crippen molar-refractivity contribution in [1.82, 2.24) is 0 Å². The number of rotatable bonds is 3. The number of carbonyl (C=O) groups is 1. The molecular formula is C16H12Cl2O. The molecule has 0 unspecified atom stereocenters. The quantitative estimate of drug-likeness (QED) is 0.561. The highest BCUT2D eigenvalue weighted by molar-refractivity contribution is 6.42. The zero-order chi connectivity index (χ0) is 13.8. The summed E-state index contributed by atoms with van der Waals surface area (Å²) in [4.78, 5) is 12.0. The molecule has 0 aliphatic heterocycles. The molecule has 0 atom stereocenters. The van der Waals surface area contributed by atoms with E-state index in [4.69, 9.17) is 23.2 Å². The smallest absolute Gasteiger partial charge is 0.186 e. The zero-order valence-electron chi connectivity index (χ0n) is 10.4. The van der Waals surface area contributed by atoms with Gasteiger partial charge in [-0.05, 0) is 36.3 Å². The minimum atomic E-state index is -0.0239. The van der Waals surface area contributed by atoms with Crippen molar-refractivity contribution < 1.29 is 4.79 Å². The van der Waals surface area contributed by atoms with Gasteiger partial charge in [0.15, 0.2) is 5.78 Å². The Bertz CT molecular complexity index is 645. The van der Waals surface area contributed by atoms with Gasteiger partial charge < -0.3 is 0 Å². The Hall–Kier alpha value is -1.57. The first-order valence-corrected chi connectivity index (χ1v) is 6.56. The Balaban J connectivity index is 2.21. The van der Waals surface area contributed by atoms with E-state index in [-0.39, 0.29) is 5.78 Å². The van der Waals surface area contributed by atoms with Gasteiger partial charge in [-0.3, -0.25) is 4.79 Å². The molecule has 2 rings (SSSR count). The Labute approximate surface area is 122 Å². The molecule has 0 saturated carbocycles. The molecule has 2 aromatic carbocycles. The molecule has 2 aromatic rings. The molecule has 0 amide bonds. The number of ketones is 1. The summed E-state index contributed by atoms with van der Waals surface area (Å²) < 4.78 is 0. The molecule has 1 nitrogen and oxygen atoms in total. The predicted molar refractivity (Wildman–Crippen MR) is 81.0 cm³/mol. The van der Waals surface area contributed by atoms with Crippen LogP contribution in [-0.4, -0.2) is 5.78 Å². The molecule has 19 heavy (non-hydrogen) atoms. The van der Waals surface area contributed by atoms with Gasteiger partial charge in [-0.1, -0.05) is 59.6 Å². The zero-order valence-corrected chi connectivity index (χ0v) is 11.9. The lowest BCUT2D eigenvalue weighted by molar-refractivity contribution is 0.104. The van der Waals surface area contributed by atoms with Crippen molar-refractivity contribution in [1.29, 1.82) is 0 Å². The minimum absolute atomic E-state index is 0.0239. The molecule has 0 N–H and O–H groups in total. The van der Waals surface area contributed by atoms with Crippen LogP contribution in [0.3, 0.4) is 0 Å². The maximum Gasteiger partial charge on any atom is 0.186 e. The van der Waals surface area contributed by atoms with Gasteiger partial charge in [0.25, 0.3) is 0 Å². The maximum absolute atomic E-state index is 12.0. The molecular weight excluding hydrogens is 279 g/mol. The number of allylic oxidation sites excluding steroid dienone is 1. The van der Waals surface area contributed by atoms with E-state index in [9.17, 15) is 4.79 Å². The van der Waals surface area contributed by atoms with Crippen LogP contribution in [0.4, 0.5) is 0 Å². The lowest BCUT2D eigenvalue weighted by Gasteiger charge is -2.01.